The van der Waals surface area contributed by atoms with Crippen LogP contribution in [-0.2, 0) is 11.3 Å². The second-order valence-corrected chi connectivity index (χ2v) is 4.34. The minimum Gasteiger partial charge on any atom is -0.508 e. The van der Waals surface area contributed by atoms with Crippen LogP contribution in [0.15, 0.2) is 29.5 Å². The van der Waals surface area contributed by atoms with Crippen molar-refractivity contribution < 1.29 is 14.6 Å². The van der Waals surface area contributed by atoms with Crippen LogP contribution in [0.25, 0.3) is 5.69 Å². The summed E-state index contributed by atoms with van der Waals surface area (Å²) in [5.41, 5.74) is 2.56. The molecule has 0 amide bonds. The van der Waals surface area contributed by atoms with Gasteiger partial charge in [0.05, 0.1) is 24.5 Å². The molecule has 1 aliphatic heterocycles. The van der Waals surface area contributed by atoms with Crippen LogP contribution in [0.1, 0.15) is 28.7 Å². The zero-order valence-electron chi connectivity index (χ0n) is 10.9. The van der Waals surface area contributed by atoms with Crippen molar-refractivity contribution in [2.24, 2.45) is 4.99 Å². The molecule has 0 aliphatic carbocycles. The summed E-state index contributed by atoms with van der Waals surface area (Å²) < 4.78 is 6.79. The van der Waals surface area contributed by atoms with E-state index in [9.17, 15) is 9.90 Å². The molecule has 0 spiro atoms. The van der Waals surface area contributed by atoms with Gasteiger partial charge in [-0.25, -0.2) is 9.78 Å². The van der Waals surface area contributed by atoms with Gasteiger partial charge in [-0.15, -0.1) is 0 Å². The highest BCUT2D eigenvalue weighted by molar-refractivity contribution is 5.90. The second-order valence-electron chi connectivity index (χ2n) is 4.34. The summed E-state index contributed by atoms with van der Waals surface area (Å²) in [6.45, 7) is 2.39. The quantitative estimate of drug-likeness (QED) is 0.843. The summed E-state index contributed by atoms with van der Waals surface area (Å²) in [6, 6.07) is 4.98. The first kappa shape index (κ1) is 12.4. The monoisotopic (exact) mass is 271 g/mol. The molecule has 1 aromatic heterocycles. The number of hydrogen-bond acceptors (Lipinski definition) is 5. The zero-order chi connectivity index (χ0) is 14.1. The maximum atomic E-state index is 11.9. The van der Waals surface area contributed by atoms with Gasteiger partial charge in [0.2, 0.25) is 0 Å². The third-order valence-corrected chi connectivity index (χ3v) is 3.08. The second kappa shape index (κ2) is 4.80. The van der Waals surface area contributed by atoms with Crippen LogP contribution in [-0.4, -0.2) is 33.4 Å². The van der Waals surface area contributed by atoms with Crippen LogP contribution >= 0.6 is 0 Å². The molecule has 2 aromatic rings. The number of esters is 1. The van der Waals surface area contributed by atoms with E-state index >= 15 is 0 Å². The topological polar surface area (TPSA) is 76.7 Å². The fourth-order valence-electron chi connectivity index (χ4n) is 2.20. The summed E-state index contributed by atoms with van der Waals surface area (Å²) in [5.74, 6) is -0.275. The molecule has 1 aromatic carbocycles. The lowest BCUT2D eigenvalue weighted by molar-refractivity contribution is 0.0518. The number of aliphatic imine (C=N–C) groups is 1. The van der Waals surface area contributed by atoms with Crippen molar-refractivity contribution in [2.75, 3.05) is 6.61 Å². The molecule has 0 saturated heterocycles. The fraction of sp³-hybridized carbons (Fsp3) is 0.214. The number of aromatic hydroxyl groups is 1. The Kier molecular flexibility index (Phi) is 2.98. The Morgan fingerprint density at radius 2 is 2.35 bits per heavy atom. The first-order valence-corrected chi connectivity index (χ1v) is 6.27. The van der Waals surface area contributed by atoms with Gasteiger partial charge in [-0.05, 0) is 25.1 Å². The predicted octanol–water partition coefficient (Wildman–Crippen LogP) is 1.69. The van der Waals surface area contributed by atoms with E-state index in [1.807, 2.05) is 0 Å². The number of aromatic nitrogens is 2. The maximum Gasteiger partial charge on any atom is 0.358 e. The van der Waals surface area contributed by atoms with Gasteiger partial charge in [0, 0.05) is 11.8 Å². The minimum absolute atomic E-state index is 0.171. The van der Waals surface area contributed by atoms with E-state index in [-0.39, 0.29) is 11.4 Å². The van der Waals surface area contributed by atoms with Crippen LogP contribution in [0, 0.1) is 0 Å². The lowest BCUT2D eigenvalue weighted by Crippen LogP contribution is -2.09. The molecule has 1 aliphatic rings. The van der Waals surface area contributed by atoms with E-state index < -0.39 is 5.97 Å². The normalized spacial score (nSPS) is 12.4. The average molecular weight is 271 g/mol. The SMILES string of the molecule is CCOC(=O)c1ncn2c1CN=Cc1cc(O)ccc1-2. The fourth-order valence-corrected chi connectivity index (χ4v) is 2.20. The van der Waals surface area contributed by atoms with E-state index in [4.69, 9.17) is 4.74 Å². The van der Waals surface area contributed by atoms with Gasteiger partial charge < -0.3 is 9.84 Å². The molecule has 0 atom stereocenters. The number of hydrogen-bond donors (Lipinski definition) is 1. The summed E-state index contributed by atoms with van der Waals surface area (Å²) in [6.07, 6.45) is 3.25. The number of carbonyl (C=O) groups excluding carboxylic acids is 1. The lowest BCUT2D eigenvalue weighted by Gasteiger charge is -2.08. The Hall–Kier alpha value is -2.63. The molecule has 20 heavy (non-hydrogen) atoms. The Bertz CT molecular complexity index is 704. The van der Waals surface area contributed by atoms with Crippen molar-refractivity contribution in [1.29, 1.82) is 0 Å². The van der Waals surface area contributed by atoms with Gasteiger partial charge in [0.1, 0.15) is 12.1 Å². The molecule has 102 valence electrons. The zero-order valence-corrected chi connectivity index (χ0v) is 10.9. The minimum atomic E-state index is -0.446. The largest absolute Gasteiger partial charge is 0.508 e. The molecule has 1 N–H and O–H groups in total. The van der Waals surface area contributed by atoms with Crippen molar-refractivity contribution in [3.05, 3.63) is 41.5 Å². The van der Waals surface area contributed by atoms with Crippen LogP contribution in [0.4, 0.5) is 0 Å². The van der Waals surface area contributed by atoms with Gasteiger partial charge in [-0.1, -0.05) is 0 Å². The van der Waals surface area contributed by atoms with Gasteiger partial charge in [0.25, 0.3) is 0 Å². The van der Waals surface area contributed by atoms with Gasteiger partial charge in [-0.3, -0.25) is 9.56 Å². The Balaban J connectivity index is 2.13. The van der Waals surface area contributed by atoms with Crippen LogP contribution in [0.2, 0.25) is 0 Å². The summed E-state index contributed by atoms with van der Waals surface area (Å²) in [7, 11) is 0. The highest BCUT2D eigenvalue weighted by Gasteiger charge is 2.22. The summed E-state index contributed by atoms with van der Waals surface area (Å²) in [5, 5.41) is 9.53. The number of phenolic OH excluding ortho intramolecular Hbond substituents is 1. The lowest BCUT2D eigenvalue weighted by atomic mass is 10.2. The predicted molar refractivity (Wildman–Crippen MR) is 72.5 cm³/mol. The van der Waals surface area contributed by atoms with Gasteiger partial charge in [-0.2, -0.15) is 0 Å². The van der Waals surface area contributed by atoms with E-state index in [1.54, 1.807) is 42.2 Å². The van der Waals surface area contributed by atoms with Crippen molar-refractivity contribution >= 4 is 12.2 Å². The van der Waals surface area contributed by atoms with Crippen LogP contribution < -0.4 is 0 Å². The molecule has 3 rings (SSSR count). The molecular formula is C14H13N3O3. The smallest absolute Gasteiger partial charge is 0.358 e. The van der Waals surface area contributed by atoms with E-state index in [0.717, 1.165) is 11.3 Å². The highest BCUT2D eigenvalue weighted by Crippen LogP contribution is 2.25. The number of ether oxygens (including phenoxy) is 1. The average Bonchev–Trinajstić information content (AvgIpc) is 2.75. The van der Waals surface area contributed by atoms with Crippen LogP contribution in [0.5, 0.6) is 5.75 Å². The Labute approximate surface area is 115 Å². The molecule has 2 heterocycles. The van der Waals surface area contributed by atoms with Gasteiger partial charge in [0.15, 0.2) is 5.69 Å². The van der Waals surface area contributed by atoms with Crippen molar-refractivity contribution in [2.45, 2.75) is 13.5 Å². The molecule has 0 saturated carbocycles. The van der Waals surface area contributed by atoms with Crippen LogP contribution in [0.3, 0.4) is 0 Å². The number of fused-ring (bicyclic) bond motifs is 3. The van der Waals surface area contributed by atoms with Crippen molar-refractivity contribution in [3.8, 4) is 11.4 Å². The molecule has 0 unspecified atom stereocenters. The first-order chi connectivity index (χ1) is 9.70. The molecule has 0 radical (unpaired) electrons. The van der Waals surface area contributed by atoms with E-state index in [1.165, 1.54) is 0 Å². The maximum absolute atomic E-state index is 11.9. The number of carbonyl (C=O) groups is 1. The van der Waals surface area contributed by atoms with Crippen molar-refractivity contribution in [1.82, 2.24) is 9.55 Å². The Morgan fingerprint density at radius 3 is 3.15 bits per heavy atom. The molecular weight excluding hydrogens is 258 g/mol. The number of rotatable bonds is 2. The molecule has 0 bridgehead atoms. The molecule has 6 heteroatoms. The number of nitrogens with zero attached hydrogens (tertiary/aromatic N) is 3. The standard InChI is InChI=1S/C14H13N3O3/c1-2-20-14(19)13-12-7-15-6-9-5-10(18)3-4-11(9)17(12)8-16-13/h3-6,8,18H,2,7H2,1H3. The summed E-state index contributed by atoms with van der Waals surface area (Å²) >= 11 is 0. The van der Waals surface area contributed by atoms with Gasteiger partial charge >= 0.3 is 5.97 Å². The van der Waals surface area contributed by atoms with Crippen molar-refractivity contribution in [3.63, 3.8) is 0 Å². The molecule has 0 fully saturated rings. The first-order valence-electron chi connectivity index (χ1n) is 6.27. The third kappa shape index (κ3) is 1.95. The van der Waals surface area contributed by atoms with E-state index in [2.05, 4.69) is 9.98 Å². The summed E-state index contributed by atoms with van der Waals surface area (Å²) in [4.78, 5) is 20.3. The van der Waals surface area contributed by atoms with E-state index in [0.29, 0.717) is 18.8 Å². The third-order valence-electron chi connectivity index (χ3n) is 3.08. The highest BCUT2D eigenvalue weighted by atomic mass is 16.5. The molecule has 6 nitrogen and oxygen atoms in total. The Morgan fingerprint density at radius 1 is 1.50 bits per heavy atom. The number of imidazole rings is 1. The number of benzene rings is 1. The number of phenols is 1.